The lowest BCUT2D eigenvalue weighted by molar-refractivity contribution is 0.0426. The summed E-state index contributed by atoms with van der Waals surface area (Å²) in [5.74, 6) is 0. The molecule has 0 saturated carbocycles. The Balaban J connectivity index is 1.57. The molecule has 0 aliphatic carbocycles. The molecule has 0 aromatic carbocycles. The van der Waals surface area contributed by atoms with Crippen molar-refractivity contribution in [1.29, 1.82) is 0 Å². The highest BCUT2D eigenvalue weighted by Crippen LogP contribution is 2.42. The van der Waals surface area contributed by atoms with Gasteiger partial charge in [-0.05, 0) is 18.1 Å². The summed E-state index contributed by atoms with van der Waals surface area (Å²) in [6.07, 6.45) is 6.87. The van der Waals surface area contributed by atoms with Crippen LogP contribution >= 0.6 is 0 Å². The molecule has 6 heteroatoms. The summed E-state index contributed by atoms with van der Waals surface area (Å²) in [6.45, 7) is 1.88. The van der Waals surface area contributed by atoms with Gasteiger partial charge in [-0.25, -0.2) is 12.7 Å². The first-order valence-corrected chi connectivity index (χ1v) is 8.27. The minimum Gasteiger partial charge on any atom is -0.377 e. The van der Waals surface area contributed by atoms with Crippen LogP contribution in [0.5, 0.6) is 0 Å². The molecule has 2 saturated heterocycles. The summed E-state index contributed by atoms with van der Waals surface area (Å²) in [5, 5.41) is 0. The van der Waals surface area contributed by atoms with Crippen molar-refractivity contribution in [2.24, 2.45) is 5.41 Å². The Kier molecular flexibility index (Phi) is 3.11. The van der Waals surface area contributed by atoms with Gasteiger partial charge in [0.1, 0.15) is 0 Å². The average Bonchev–Trinajstić information content (AvgIpc) is 2.71. The van der Waals surface area contributed by atoms with Crippen LogP contribution in [0.25, 0.3) is 0 Å². The highest BCUT2D eigenvalue weighted by atomic mass is 32.2. The van der Waals surface area contributed by atoms with Crippen LogP contribution < -0.4 is 0 Å². The normalized spacial score (nSPS) is 26.5. The molecule has 0 unspecified atom stereocenters. The zero-order valence-electron chi connectivity index (χ0n) is 10.9. The van der Waals surface area contributed by atoms with Gasteiger partial charge in [-0.1, -0.05) is 6.07 Å². The first-order valence-electron chi connectivity index (χ1n) is 6.43. The van der Waals surface area contributed by atoms with Crippen molar-refractivity contribution in [3.8, 4) is 0 Å². The van der Waals surface area contributed by atoms with E-state index in [4.69, 9.17) is 4.74 Å². The van der Waals surface area contributed by atoms with Gasteiger partial charge in [0, 0.05) is 37.3 Å². The van der Waals surface area contributed by atoms with Crippen LogP contribution in [0.15, 0.2) is 24.5 Å². The number of nitrogens with zero attached hydrogens (tertiary/aromatic N) is 2. The third-order valence-electron chi connectivity index (χ3n) is 3.96. The summed E-state index contributed by atoms with van der Waals surface area (Å²) in [5.41, 5.74) is 1.22. The molecule has 1 aromatic rings. The van der Waals surface area contributed by atoms with Crippen molar-refractivity contribution in [2.75, 3.05) is 26.0 Å². The Labute approximate surface area is 113 Å². The predicted molar refractivity (Wildman–Crippen MR) is 71.1 cm³/mol. The molecule has 2 aliphatic heterocycles. The fourth-order valence-electron chi connectivity index (χ4n) is 2.97. The Morgan fingerprint density at radius 2 is 2.32 bits per heavy atom. The summed E-state index contributed by atoms with van der Waals surface area (Å²) < 4.78 is 30.2. The van der Waals surface area contributed by atoms with Gasteiger partial charge in [-0.2, -0.15) is 0 Å². The maximum atomic E-state index is 11.4. The van der Waals surface area contributed by atoms with Gasteiger partial charge in [0.2, 0.25) is 10.0 Å². The van der Waals surface area contributed by atoms with Crippen molar-refractivity contribution < 1.29 is 13.2 Å². The lowest BCUT2D eigenvalue weighted by Crippen LogP contribution is -2.58. The Hall–Kier alpha value is -0.980. The van der Waals surface area contributed by atoms with Crippen LogP contribution in [-0.4, -0.2) is 49.8 Å². The van der Waals surface area contributed by atoms with Gasteiger partial charge in [-0.15, -0.1) is 0 Å². The van der Waals surface area contributed by atoms with E-state index in [1.165, 1.54) is 16.1 Å². The smallest absolute Gasteiger partial charge is 0.211 e. The predicted octanol–water partition coefficient (Wildman–Crippen LogP) is 0.675. The molecule has 0 amide bonds. The van der Waals surface area contributed by atoms with Gasteiger partial charge in [-0.3, -0.25) is 4.98 Å². The molecule has 2 fully saturated rings. The largest absolute Gasteiger partial charge is 0.377 e. The molecule has 3 heterocycles. The average molecular weight is 282 g/mol. The van der Waals surface area contributed by atoms with Crippen molar-refractivity contribution in [1.82, 2.24) is 9.29 Å². The number of pyridine rings is 1. The molecule has 0 bridgehead atoms. The summed E-state index contributed by atoms with van der Waals surface area (Å²) >= 11 is 0. The molecule has 2 aliphatic rings. The van der Waals surface area contributed by atoms with Crippen LogP contribution in [-0.2, 0) is 21.2 Å². The number of rotatable bonds is 3. The minimum absolute atomic E-state index is 0.0515. The summed E-state index contributed by atoms with van der Waals surface area (Å²) in [4.78, 5) is 4.10. The van der Waals surface area contributed by atoms with Crippen molar-refractivity contribution >= 4 is 10.0 Å². The minimum atomic E-state index is -3.04. The van der Waals surface area contributed by atoms with Crippen molar-refractivity contribution in [3.05, 3.63) is 30.1 Å². The summed E-state index contributed by atoms with van der Waals surface area (Å²) in [7, 11) is -3.04. The van der Waals surface area contributed by atoms with E-state index in [0.717, 1.165) is 12.8 Å². The maximum absolute atomic E-state index is 11.4. The molecule has 1 atom stereocenters. The third-order valence-corrected chi connectivity index (χ3v) is 5.16. The fourth-order valence-corrected chi connectivity index (χ4v) is 3.98. The van der Waals surface area contributed by atoms with E-state index in [1.54, 1.807) is 6.20 Å². The van der Waals surface area contributed by atoms with E-state index >= 15 is 0 Å². The van der Waals surface area contributed by atoms with Crippen LogP contribution in [0, 0.1) is 5.41 Å². The van der Waals surface area contributed by atoms with Crippen molar-refractivity contribution in [2.45, 2.75) is 18.9 Å². The second-order valence-corrected chi connectivity index (χ2v) is 7.72. The van der Waals surface area contributed by atoms with Gasteiger partial charge in [0.25, 0.3) is 0 Å². The third kappa shape index (κ3) is 2.66. The molecule has 104 valence electrons. The molecular formula is C13H18N2O3S. The number of hydrogen-bond donors (Lipinski definition) is 0. The van der Waals surface area contributed by atoms with E-state index in [1.807, 2.05) is 18.3 Å². The SMILES string of the molecule is CS(=O)(=O)N1CC2(CO[C@H](Cc3cccnc3)C2)C1. The summed E-state index contributed by atoms with van der Waals surface area (Å²) in [6, 6.07) is 3.97. The van der Waals surface area contributed by atoms with E-state index in [2.05, 4.69) is 4.98 Å². The first kappa shape index (κ1) is 13.0. The van der Waals surface area contributed by atoms with Gasteiger partial charge >= 0.3 is 0 Å². The second-order valence-electron chi connectivity index (χ2n) is 5.73. The highest BCUT2D eigenvalue weighted by Gasteiger charge is 2.51. The zero-order chi connectivity index (χ0) is 13.5. The Morgan fingerprint density at radius 3 is 2.95 bits per heavy atom. The van der Waals surface area contributed by atoms with E-state index in [0.29, 0.717) is 19.7 Å². The topological polar surface area (TPSA) is 59.5 Å². The van der Waals surface area contributed by atoms with Crippen LogP contribution in [0.1, 0.15) is 12.0 Å². The van der Waals surface area contributed by atoms with E-state index < -0.39 is 10.0 Å². The van der Waals surface area contributed by atoms with Gasteiger partial charge in [0.05, 0.1) is 19.0 Å². The monoisotopic (exact) mass is 282 g/mol. The van der Waals surface area contributed by atoms with E-state index in [9.17, 15) is 8.42 Å². The molecule has 19 heavy (non-hydrogen) atoms. The van der Waals surface area contributed by atoms with Crippen LogP contribution in [0.2, 0.25) is 0 Å². The molecule has 3 rings (SSSR count). The lowest BCUT2D eigenvalue weighted by Gasteiger charge is -2.45. The van der Waals surface area contributed by atoms with Crippen LogP contribution in [0.3, 0.4) is 0 Å². The zero-order valence-corrected chi connectivity index (χ0v) is 11.8. The van der Waals surface area contributed by atoms with Gasteiger partial charge < -0.3 is 4.74 Å². The quantitative estimate of drug-likeness (QED) is 0.818. The van der Waals surface area contributed by atoms with Gasteiger partial charge in [0.15, 0.2) is 0 Å². The van der Waals surface area contributed by atoms with E-state index in [-0.39, 0.29) is 11.5 Å². The molecule has 5 nitrogen and oxygen atoms in total. The number of sulfonamides is 1. The molecule has 0 radical (unpaired) electrons. The Morgan fingerprint density at radius 1 is 1.53 bits per heavy atom. The molecule has 0 N–H and O–H groups in total. The first-order chi connectivity index (χ1) is 8.97. The number of ether oxygens (including phenoxy) is 1. The number of aromatic nitrogens is 1. The highest BCUT2D eigenvalue weighted by molar-refractivity contribution is 7.88. The maximum Gasteiger partial charge on any atom is 0.211 e. The fraction of sp³-hybridized carbons (Fsp3) is 0.615. The lowest BCUT2D eigenvalue weighted by atomic mass is 9.79. The van der Waals surface area contributed by atoms with Crippen LogP contribution in [0.4, 0.5) is 0 Å². The van der Waals surface area contributed by atoms with Crippen molar-refractivity contribution in [3.63, 3.8) is 0 Å². The second kappa shape index (κ2) is 4.54. The number of hydrogen-bond acceptors (Lipinski definition) is 4. The standard InChI is InChI=1S/C13H18N2O3S/c1-19(16,17)15-8-13(9-15)6-12(18-10-13)5-11-3-2-4-14-7-11/h2-4,7,12H,5-6,8-10H2,1H3/t12-/m1/s1. The molecular weight excluding hydrogens is 264 g/mol. The molecule has 1 spiro atoms. The molecule has 1 aromatic heterocycles. The Bertz CT molecular complexity index is 553.